The number of allylic oxidation sites excluding steroid dienone is 2. The van der Waals surface area contributed by atoms with Crippen molar-refractivity contribution in [3.8, 4) is 33.8 Å². The molecule has 8 aromatic carbocycles. The van der Waals surface area contributed by atoms with Gasteiger partial charge in [-0.15, -0.1) is 0 Å². The van der Waals surface area contributed by atoms with E-state index >= 15 is 0 Å². The summed E-state index contributed by atoms with van der Waals surface area (Å²) in [5.41, 5.74) is 17.8. The zero-order valence-electron chi connectivity index (χ0n) is 43.6. The molecule has 4 heteroatoms. The summed E-state index contributed by atoms with van der Waals surface area (Å²) in [4.78, 5) is 0. The van der Waals surface area contributed by atoms with Gasteiger partial charge in [-0.3, -0.25) is 0 Å². The van der Waals surface area contributed by atoms with Crippen LogP contribution in [-0.4, -0.2) is 5.92 Å². The number of fused-ring (bicyclic) bond motifs is 4. The molecule has 2 atom stereocenters. The molecular formula is C66H71O2SiZr. The first-order chi connectivity index (χ1) is 33.5. The summed E-state index contributed by atoms with van der Waals surface area (Å²) in [7, 11) is 0. The van der Waals surface area contributed by atoms with E-state index in [0.29, 0.717) is 0 Å². The molecule has 2 unspecified atom stereocenters. The molecule has 0 radical (unpaired) electrons. The van der Waals surface area contributed by atoms with Gasteiger partial charge in [0.15, 0.2) is 0 Å². The summed E-state index contributed by atoms with van der Waals surface area (Å²) in [6.45, 7) is 28.5. The van der Waals surface area contributed by atoms with Gasteiger partial charge in [0.1, 0.15) is 0 Å². The monoisotopic (exact) mass is 1010 g/mol. The molecule has 0 aromatic heterocycles. The second-order valence-electron chi connectivity index (χ2n) is 22.8. The van der Waals surface area contributed by atoms with E-state index in [1.807, 2.05) is 0 Å². The summed E-state index contributed by atoms with van der Waals surface area (Å²) < 4.78 is 17.9. The van der Waals surface area contributed by atoms with Crippen molar-refractivity contribution in [3.05, 3.63) is 213 Å². The Bertz CT molecular complexity index is 3180. The van der Waals surface area contributed by atoms with Crippen LogP contribution in [0.1, 0.15) is 120 Å². The Morgan fingerprint density at radius 2 is 0.829 bits per heavy atom. The van der Waals surface area contributed by atoms with Crippen LogP contribution in [0.2, 0.25) is 13.1 Å². The first kappa shape index (κ1) is 48.1. The van der Waals surface area contributed by atoms with Crippen LogP contribution in [0.5, 0.6) is 11.5 Å². The van der Waals surface area contributed by atoms with Gasteiger partial charge in [-0.25, -0.2) is 0 Å². The molecule has 0 bridgehead atoms. The number of hydrogen-bond acceptors (Lipinski definition) is 2. The summed E-state index contributed by atoms with van der Waals surface area (Å²) in [6.07, 6.45) is 6.94. The molecule has 2 nitrogen and oxygen atoms in total. The average Bonchev–Trinajstić information content (AvgIpc) is 3.94. The Labute approximate surface area is 421 Å². The van der Waals surface area contributed by atoms with E-state index in [-0.39, 0.29) is 18.1 Å². The van der Waals surface area contributed by atoms with E-state index in [4.69, 9.17) is 5.63 Å². The molecule has 2 aliphatic rings. The SMILES string of the molecule is CCC1=Cc2c(-c3cccc4ccccc34)cccc2[CH]1[Zr]([O]c1ccc(C)cc1C(C)(C)C)([O]c1ccc(C)cc1C(C)(C)C)([CH]1C(CC)=Cc2c(-c3cccc4ccccc34)cccc21)[SiH](C)C. The summed E-state index contributed by atoms with van der Waals surface area (Å²) in [5, 5.41) is 5.05. The van der Waals surface area contributed by atoms with Crippen LogP contribution in [0, 0.1) is 13.8 Å². The third-order valence-electron chi connectivity index (χ3n) is 16.1. The van der Waals surface area contributed by atoms with Gasteiger partial charge in [-0.05, 0) is 0 Å². The van der Waals surface area contributed by atoms with Gasteiger partial charge < -0.3 is 0 Å². The minimum atomic E-state index is -5.98. The number of hydrogen-bond donors (Lipinski definition) is 0. The molecule has 0 saturated heterocycles. The van der Waals surface area contributed by atoms with E-state index in [0.717, 1.165) is 24.3 Å². The molecule has 0 saturated carbocycles. The first-order valence-corrected chi connectivity index (χ1v) is 37.9. The predicted molar refractivity (Wildman–Crippen MR) is 301 cm³/mol. The van der Waals surface area contributed by atoms with Crippen molar-refractivity contribution < 1.29 is 24.4 Å². The van der Waals surface area contributed by atoms with Gasteiger partial charge in [-0.2, -0.15) is 0 Å². The van der Waals surface area contributed by atoms with E-state index in [9.17, 15) is 0 Å². The molecule has 0 aliphatic heterocycles. The summed E-state index contributed by atoms with van der Waals surface area (Å²) in [5.74, 6) is -0.208. The van der Waals surface area contributed by atoms with Crippen molar-refractivity contribution in [2.24, 2.45) is 0 Å². The van der Waals surface area contributed by atoms with Crippen LogP contribution in [-0.2, 0) is 29.7 Å². The van der Waals surface area contributed by atoms with Gasteiger partial charge in [-0.1, -0.05) is 0 Å². The van der Waals surface area contributed by atoms with Gasteiger partial charge >= 0.3 is 424 Å². The van der Waals surface area contributed by atoms with Gasteiger partial charge in [0.05, 0.1) is 0 Å². The van der Waals surface area contributed by atoms with Crippen LogP contribution in [0.15, 0.2) is 169 Å². The standard InChI is InChI=1S/2C21H17.2C11H16O.C2H7Si.Zr/c2*1-2-15-13-17-9-6-12-20(21(17)14-15)19-11-5-8-16-7-3-4-10-18(16)19;2*1-8-5-6-10(12)9(7-8)11(2,3)4;1-3-2;/h2*3-14H,2H2,1H3;2*5-7,12H,1-4H3;3H,1-2H3;/q;;;;;+2/p-2. The molecule has 0 fully saturated rings. The van der Waals surface area contributed by atoms with Crippen LogP contribution in [0.3, 0.4) is 0 Å². The Kier molecular flexibility index (Phi) is 12.3. The molecule has 10 rings (SSSR count). The predicted octanol–water partition coefficient (Wildman–Crippen LogP) is 18.6. The van der Waals surface area contributed by atoms with Crippen molar-refractivity contribution in [2.75, 3.05) is 0 Å². The van der Waals surface area contributed by atoms with Crippen LogP contribution in [0.25, 0.3) is 56.0 Å². The molecule has 0 N–H and O–H groups in total. The van der Waals surface area contributed by atoms with E-state index < -0.39 is 24.7 Å². The van der Waals surface area contributed by atoms with Gasteiger partial charge in [0.2, 0.25) is 0 Å². The molecular weight excluding hydrogens is 944 g/mol. The van der Waals surface area contributed by atoms with Gasteiger partial charge in [0, 0.05) is 0 Å². The van der Waals surface area contributed by atoms with E-state index in [2.05, 4.69) is 252 Å². The fourth-order valence-electron chi connectivity index (χ4n) is 12.7. The molecule has 2 aliphatic carbocycles. The normalized spacial score (nSPS) is 16.4. The fraction of sp³-hybridized carbons (Fsp3) is 0.273. The maximum atomic E-state index is 9.01. The first-order valence-electron chi connectivity index (χ1n) is 25.9. The van der Waals surface area contributed by atoms with E-state index in [1.165, 1.54) is 99.5 Å². The number of rotatable bonds is 11. The summed E-state index contributed by atoms with van der Waals surface area (Å²) >= 11 is -5.98. The Hall–Kier alpha value is -5.54. The third kappa shape index (κ3) is 7.75. The van der Waals surface area contributed by atoms with Crippen LogP contribution < -0.4 is 5.63 Å². The molecule has 0 heterocycles. The zero-order chi connectivity index (χ0) is 49.4. The minimum absolute atomic E-state index is 0.0848. The number of benzene rings is 8. The van der Waals surface area contributed by atoms with Crippen molar-refractivity contribution in [2.45, 2.75) is 113 Å². The molecule has 0 spiro atoms. The van der Waals surface area contributed by atoms with Crippen molar-refractivity contribution in [1.29, 1.82) is 0 Å². The molecule has 8 aromatic rings. The topological polar surface area (TPSA) is 18.5 Å². The molecule has 0 amide bonds. The van der Waals surface area contributed by atoms with E-state index in [1.54, 1.807) is 0 Å². The Balaban J connectivity index is 1.39. The summed E-state index contributed by atoms with van der Waals surface area (Å²) in [6, 6.07) is 59.6. The third-order valence-corrected chi connectivity index (χ3v) is 52.7. The fourth-order valence-corrected chi connectivity index (χ4v) is 48.5. The van der Waals surface area contributed by atoms with Crippen molar-refractivity contribution in [3.63, 3.8) is 0 Å². The second kappa shape index (κ2) is 17.9. The molecule has 70 heavy (non-hydrogen) atoms. The van der Waals surface area contributed by atoms with Crippen molar-refractivity contribution in [1.82, 2.24) is 0 Å². The maximum absolute atomic E-state index is 9.01. The average molecular weight is 1020 g/mol. The Morgan fingerprint density at radius 3 is 1.21 bits per heavy atom. The number of aryl methyl sites for hydroxylation is 2. The molecule has 355 valence electrons. The van der Waals surface area contributed by atoms with Crippen LogP contribution >= 0.6 is 0 Å². The van der Waals surface area contributed by atoms with Gasteiger partial charge in [0.25, 0.3) is 0 Å². The quantitative estimate of drug-likeness (QED) is 0.120. The Morgan fingerprint density at radius 1 is 0.457 bits per heavy atom. The second-order valence-corrected chi connectivity index (χ2v) is 50.6. The van der Waals surface area contributed by atoms with Crippen molar-refractivity contribution >= 4 is 39.6 Å². The zero-order valence-corrected chi connectivity index (χ0v) is 47.2. The van der Waals surface area contributed by atoms with Crippen LogP contribution in [0.4, 0.5) is 0 Å².